The van der Waals surface area contributed by atoms with E-state index >= 15 is 0 Å². The van der Waals surface area contributed by atoms with Gasteiger partial charge in [-0.05, 0) is 12.8 Å². The van der Waals surface area contributed by atoms with Crippen LogP contribution in [-0.4, -0.2) is 80.4 Å². The van der Waals surface area contributed by atoms with E-state index in [1.54, 1.807) is 0 Å². The van der Waals surface area contributed by atoms with E-state index in [9.17, 15) is 33.9 Å². The van der Waals surface area contributed by atoms with Crippen LogP contribution in [0.5, 0.6) is 0 Å². The van der Waals surface area contributed by atoms with Crippen LogP contribution in [0.4, 0.5) is 0 Å². The molecule has 1 heterocycles. The average molecular weight is 469 g/mol. The Labute approximate surface area is 187 Å². The fourth-order valence-corrected chi connectivity index (χ4v) is 2.60. The molecule has 15 nitrogen and oxygen atoms in total. The van der Waals surface area contributed by atoms with Crippen molar-refractivity contribution < 1.29 is 39.0 Å². The van der Waals surface area contributed by atoms with Gasteiger partial charge in [-0.25, -0.2) is 9.78 Å². The molecule has 4 amide bonds. The van der Waals surface area contributed by atoms with Crippen molar-refractivity contribution in [2.24, 2.45) is 11.5 Å². The van der Waals surface area contributed by atoms with Crippen LogP contribution in [-0.2, 0) is 35.2 Å². The van der Waals surface area contributed by atoms with Gasteiger partial charge in [-0.15, -0.1) is 0 Å². The number of nitrogens with two attached hydrogens (primary N) is 2. The molecular formula is C18H27N7O8. The average Bonchev–Trinajstić information content (AvgIpc) is 3.25. The zero-order chi connectivity index (χ0) is 25.0. The quantitative estimate of drug-likeness (QED) is 0.126. The van der Waals surface area contributed by atoms with E-state index < -0.39 is 60.2 Å². The molecule has 15 heteroatoms. The van der Waals surface area contributed by atoms with Gasteiger partial charge in [0.25, 0.3) is 0 Å². The number of hydrogen-bond acceptors (Lipinski definition) is 8. The number of aliphatic carboxylic acids is 2. The summed E-state index contributed by atoms with van der Waals surface area (Å²) < 4.78 is 0. The van der Waals surface area contributed by atoms with Crippen molar-refractivity contribution in [3.05, 3.63) is 18.2 Å². The highest BCUT2D eigenvalue weighted by molar-refractivity contribution is 5.92. The summed E-state index contributed by atoms with van der Waals surface area (Å²) in [5.41, 5.74) is 11.0. The van der Waals surface area contributed by atoms with Gasteiger partial charge >= 0.3 is 11.9 Å². The lowest BCUT2D eigenvalue weighted by molar-refractivity contribution is -0.142. The zero-order valence-electron chi connectivity index (χ0n) is 17.6. The number of aromatic amines is 1. The molecule has 0 aliphatic carbocycles. The van der Waals surface area contributed by atoms with Gasteiger partial charge in [0.1, 0.15) is 12.1 Å². The van der Waals surface area contributed by atoms with Gasteiger partial charge in [0.2, 0.25) is 23.6 Å². The van der Waals surface area contributed by atoms with Gasteiger partial charge in [-0.1, -0.05) is 0 Å². The Morgan fingerprint density at radius 3 is 2.24 bits per heavy atom. The zero-order valence-corrected chi connectivity index (χ0v) is 17.6. The number of carbonyl (C=O) groups is 6. The van der Waals surface area contributed by atoms with Crippen molar-refractivity contribution in [3.8, 4) is 0 Å². The second-order valence-electron chi connectivity index (χ2n) is 7.06. The predicted molar refractivity (Wildman–Crippen MR) is 110 cm³/mol. The Balaban J connectivity index is 2.75. The maximum absolute atomic E-state index is 12.7. The van der Waals surface area contributed by atoms with Crippen LogP contribution in [0.2, 0.25) is 0 Å². The summed E-state index contributed by atoms with van der Waals surface area (Å²) in [7, 11) is 0. The fraction of sp³-hybridized carbons (Fsp3) is 0.500. The molecule has 0 aliphatic heterocycles. The maximum atomic E-state index is 12.7. The molecule has 3 atom stereocenters. The monoisotopic (exact) mass is 469 g/mol. The van der Waals surface area contributed by atoms with Crippen molar-refractivity contribution in [1.29, 1.82) is 0 Å². The number of amides is 4. The molecule has 0 radical (unpaired) electrons. The van der Waals surface area contributed by atoms with Crippen molar-refractivity contribution in [1.82, 2.24) is 25.9 Å². The lowest BCUT2D eigenvalue weighted by Crippen LogP contribution is -2.54. The number of imidazole rings is 1. The van der Waals surface area contributed by atoms with Crippen LogP contribution < -0.4 is 27.4 Å². The van der Waals surface area contributed by atoms with E-state index in [1.165, 1.54) is 12.5 Å². The van der Waals surface area contributed by atoms with Crippen molar-refractivity contribution in [2.75, 3.05) is 6.54 Å². The molecule has 0 fully saturated rings. The lowest BCUT2D eigenvalue weighted by atomic mass is 10.1. The third-order valence-electron chi connectivity index (χ3n) is 4.35. The molecule has 0 aromatic carbocycles. The fourth-order valence-electron chi connectivity index (χ4n) is 2.60. The van der Waals surface area contributed by atoms with Crippen molar-refractivity contribution >= 4 is 35.6 Å². The number of primary amides is 1. The van der Waals surface area contributed by atoms with Crippen LogP contribution in [0, 0.1) is 0 Å². The third-order valence-corrected chi connectivity index (χ3v) is 4.35. The standard InChI is InChI=1S/C18H27N7O8/c19-10(1-4-15(28)29)16(30)22-7-14(27)24-12(5-9-6-21-8-23-9)17(31)25-11(18(32)33)2-3-13(20)26/h6,8,10-12H,1-5,7,19H2,(H2,20,26)(H,21,23)(H,22,30)(H,24,27)(H,25,31)(H,28,29)(H,32,33). The van der Waals surface area contributed by atoms with Gasteiger partial charge in [-0.3, -0.25) is 24.0 Å². The molecular weight excluding hydrogens is 442 g/mol. The van der Waals surface area contributed by atoms with E-state index in [0.717, 1.165) is 0 Å². The second kappa shape index (κ2) is 13.4. The van der Waals surface area contributed by atoms with Crippen LogP contribution in [0.15, 0.2) is 12.5 Å². The lowest BCUT2D eigenvalue weighted by Gasteiger charge is -2.21. The molecule has 3 unspecified atom stereocenters. The summed E-state index contributed by atoms with van der Waals surface area (Å²) in [5.74, 6) is -5.64. The minimum absolute atomic E-state index is 0.0776. The molecule has 10 N–H and O–H groups in total. The number of nitrogens with one attached hydrogen (secondary N) is 4. The van der Waals surface area contributed by atoms with Gasteiger partial charge in [0.15, 0.2) is 0 Å². The summed E-state index contributed by atoms with van der Waals surface area (Å²) in [6, 6.07) is -3.80. The highest BCUT2D eigenvalue weighted by atomic mass is 16.4. The first-order chi connectivity index (χ1) is 15.5. The first-order valence-electron chi connectivity index (χ1n) is 9.82. The summed E-state index contributed by atoms with van der Waals surface area (Å²) in [6.45, 7) is -0.559. The van der Waals surface area contributed by atoms with Crippen molar-refractivity contribution in [3.63, 3.8) is 0 Å². The van der Waals surface area contributed by atoms with Gasteiger partial charge in [-0.2, -0.15) is 0 Å². The molecule has 0 aliphatic rings. The van der Waals surface area contributed by atoms with Crippen LogP contribution in [0.1, 0.15) is 31.4 Å². The van der Waals surface area contributed by atoms with Gasteiger partial charge in [0, 0.05) is 31.2 Å². The summed E-state index contributed by atoms with van der Waals surface area (Å²) >= 11 is 0. The highest BCUT2D eigenvalue weighted by Crippen LogP contribution is 2.03. The number of nitrogens with zero attached hydrogens (tertiary/aromatic N) is 1. The topological polar surface area (TPSA) is 260 Å². The van der Waals surface area contributed by atoms with E-state index in [4.69, 9.17) is 16.6 Å². The first kappa shape index (κ1) is 27.0. The molecule has 33 heavy (non-hydrogen) atoms. The summed E-state index contributed by atoms with van der Waals surface area (Å²) in [6.07, 6.45) is 1.69. The molecule has 1 aromatic rings. The smallest absolute Gasteiger partial charge is 0.326 e. The number of carboxylic acids is 2. The highest BCUT2D eigenvalue weighted by Gasteiger charge is 2.27. The van der Waals surface area contributed by atoms with E-state index in [1.807, 2.05) is 0 Å². The Kier molecular flexibility index (Phi) is 11.0. The molecule has 1 aromatic heterocycles. The van der Waals surface area contributed by atoms with Crippen LogP contribution in [0.3, 0.4) is 0 Å². The number of hydrogen-bond donors (Lipinski definition) is 8. The minimum atomic E-state index is -1.42. The van der Waals surface area contributed by atoms with E-state index in [0.29, 0.717) is 5.69 Å². The molecule has 0 spiro atoms. The largest absolute Gasteiger partial charge is 0.481 e. The minimum Gasteiger partial charge on any atom is -0.481 e. The molecule has 0 bridgehead atoms. The normalized spacial score (nSPS) is 13.2. The molecule has 182 valence electrons. The predicted octanol–water partition coefficient (Wildman–Crippen LogP) is -3.42. The number of carbonyl (C=O) groups excluding carboxylic acids is 4. The Morgan fingerprint density at radius 1 is 1.00 bits per heavy atom. The molecule has 0 saturated carbocycles. The number of rotatable bonds is 15. The first-order valence-corrected chi connectivity index (χ1v) is 9.82. The third kappa shape index (κ3) is 10.7. The van der Waals surface area contributed by atoms with Crippen LogP contribution in [0.25, 0.3) is 0 Å². The van der Waals surface area contributed by atoms with Crippen molar-refractivity contribution in [2.45, 2.75) is 50.2 Å². The number of carboxylic acid groups (broad SMARTS) is 2. The van der Waals surface area contributed by atoms with E-state index in [-0.39, 0.29) is 32.1 Å². The second-order valence-corrected chi connectivity index (χ2v) is 7.06. The van der Waals surface area contributed by atoms with Gasteiger partial charge < -0.3 is 42.6 Å². The molecule has 0 saturated heterocycles. The Bertz CT molecular complexity index is 858. The Morgan fingerprint density at radius 2 is 1.70 bits per heavy atom. The summed E-state index contributed by atoms with van der Waals surface area (Å²) in [5, 5.41) is 24.7. The Hall–Kier alpha value is -4.01. The molecule has 1 rings (SSSR count). The van der Waals surface area contributed by atoms with Gasteiger partial charge in [0.05, 0.1) is 18.9 Å². The number of H-pyrrole nitrogens is 1. The summed E-state index contributed by atoms with van der Waals surface area (Å²) in [4.78, 5) is 76.2. The SMILES string of the molecule is NC(=O)CCC(NC(=O)C(Cc1cnc[nH]1)NC(=O)CNC(=O)C(N)CCC(=O)O)C(=O)O. The number of aromatic nitrogens is 2. The van der Waals surface area contributed by atoms with Crippen LogP contribution >= 0.6 is 0 Å². The van der Waals surface area contributed by atoms with E-state index in [2.05, 4.69) is 25.9 Å². The maximum Gasteiger partial charge on any atom is 0.326 e.